The number of carbonyl (C=O) groups excluding carboxylic acids is 1. The van der Waals surface area contributed by atoms with Gasteiger partial charge in [0.05, 0.1) is 5.60 Å². The molecule has 0 unspecified atom stereocenters. The predicted molar refractivity (Wildman–Crippen MR) is 48.4 cm³/mol. The maximum atomic E-state index is 10.7. The van der Waals surface area contributed by atoms with Gasteiger partial charge >= 0.3 is 0 Å². The van der Waals surface area contributed by atoms with Crippen LogP contribution < -0.4 is 5.73 Å². The number of aliphatic hydroxyl groups is 1. The van der Waals surface area contributed by atoms with E-state index in [-0.39, 0.29) is 12.0 Å². The fourth-order valence-electron chi connectivity index (χ4n) is 1.10. The van der Waals surface area contributed by atoms with Crippen LogP contribution in [0.4, 0.5) is 0 Å². The third-order valence-electron chi connectivity index (χ3n) is 1.48. The van der Waals surface area contributed by atoms with Crippen LogP contribution in [0.2, 0.25) is 0 Å². The van der Waals surface area contributed by atoms with Gasteiger partial charge < -0.3 is 10.8 Å². The van der Waals surface area contributed by atoms with E-state index < -0.39 is 11.5 Å². The molecule has 13 heavy (non-hydrogen) atoms. The summed E-state index contributed by atoms with van der Waals surface area (Å²) in [5.41, 5.74) is 4.49. The van der Waals surface area contributed by atoms with Gasteiger partial charge in [0.15, 0.2) is 0 Å². The summed E-state index contributed by atoms with van der Waals surface area (Å²) >= 11 is 0. The molecule has 0 saturated carbocycles. The van der Waals surface area contributed by atoms with Gasteiger partial charge in [-0.05, 0) is 32.8 Å². The molecule has 0 radical (unpaired) electrons. The number of amides is 1. The van der Waals surface area contributed by atoms with Crippen molar-refractivity contribution in [2.75, 3.05) is 0 Å². The molecule has 0 saturated heterocycles. The molecule has 0 heterocycles. The number of nitrogens with two attached hydrogens (primary N) is 1. The number of nitrogens with zero attached hydrogens (tertiary/aromatic N) is 1. The lowest BCUT2D eigenvalue weighted by Gasteiger charge is -2.17. The molecule has 0 aromatic carbocycles. The summed E-state index contributed by atoms with van der Waals surface area (Å²) in [6.45, 7) is 4.82. The van der Waals surface area contributed by atoms with E-state index in [2.05, 4.69) is 0 Å². The zero-order valence-electron chi connectivity index (χ0n) is 8.09. The highest BCUT2D eigenvalue weighted by Crippen LogP contribution is 2.17. The minimum atomic E-state index is -0.929. The minimum Gasteiger partial charge on any atom is -0.390 e. The maximum absolute atomic E-state index is 10.7. The Morgan fingerprint density at radius 3 is 2.31 bits per heavy atom. The van der Waals surface area contributed by atoms with Crippen LogP contribution >= 0.6 is 0 Å². The van der Waals surface area contributed by atoms with E-state index in [9.17, 15) is 9.90 Å². The van der Waals surface area contributed by atoms with Gasteiger partial charge in [0.25, 0.3) is 5.91 Å². The number of hydrogen-bond donors (Lipinski definition) is 2. The normalized spacial score (nSPS) is 13.2. The quantitative estimate of drug-likeness (QED) is 0.491. The first-order valence-electron chi connectivity index (χ1n) is 3.90. The molecule has 0 aromatic rings. The van der Waals surface area contributed by atoms with Gasteiger partial charge in [-0.25, -0.2) is 0 Å². The van der Waals surface area contributed by atoms with Crippen LogP contribution in [-0.2, 0) is 4.79 Å². The second-order valence-electron chi connectivity index (χ2n) is 3.62. The summed E-state index contributed by atoms with van der Waals surface area (Å²) in [6, 6.07) is 1.72. The van der Waals surface area contributed by atoms with E-state index in [4.69, 9.17) is 11.0 Å². The molecule has 0 aromatic heterocycles. The van der Waals surface area contributed by atoms with E-state index in [0.717, 1.165) is 0 Å². The van der Waals surface area contributed by atoms with Gasteiger partial charge in [-0.2, -0.15) is 5.26 Å². The van der Waals surface area contributed by atoms with Gasteiger partial charge in [-0.3, -0.25) is 4.79 Å². The van der Waals surface area contributed by atoms with E-state index >= 15 is 0 Å². The van der Waals surface area contributed by atoms with Crippen molar-refractivity contribution in [3.8, 4) is 6.07 Å². The van der Waals surface area contributed by atoms with Crippen LogP contribution in [0, 0.1) is 11.3 Å². The third-order valence-corrected chi connectivity index (χ3v) is 1.48. The van der Waals surface area contributed by atoms with E-state index in [1.54, 1.807) is 26.8 Å². The Morgan fingerprint density at radius 1 is 1.62 bits per heavy atom. The number of carbonyl (C=O) groups is 1. The molecule has 0 rings (SSSR count). The fourth-order valence-corrected chi connectivity index (χ4v) is 1.10. The molecule has 4 heteroatoms. The van der Waals surface area contributed by atoms with Gasteiger partial charge in [0.1, 0.15) is 11.6 Å². The van der Waals surface area contributed by atoms with Crippen LogP contribution in [0.5, 0.6) is 0 Å². The Labute approximate surface area is 77.7 Å². The van der Waals surface area contributed by atoms with Crippen LogP contribution in [0.15, 0.2) is 11.1 Å². The molecule has 0 spiro atoms. The third kappa shape index (κ3) is 4.28. The van der Waals surface area contributed by atoms with E-state index in [1.807, 2.05) is 0 Å². The van der Waals surface area contributed by atoms with E-state index in [0.29, 0.717) is 5.57 Å². The maximum Gasteiger partial charge on any atom is 0.259 e. The average molecular weight is 182 g/mol. The Hall–Kier alpha value is -1.34. The lowest BCUT2D eigenvalue weighted by atomic mass is 9.96. The zero-order chi connectivity index (χ0) is 10.6. The van der Waals surface area contributed by atoms with Gasteiger partial charge in [0.2, 0.25) is 0 Å². The summed E-state index contributed by atoms with van der Waals surface area (Å²) in [7, 11) is 0. The lowest BCUT2D eigenvalue weighted by Crippen LogP contribution is -2.21. The Balaban J connectivity index is 4.82. The summed E-state index contributed by atoms with van der Waals surface area (Å²) in [6.07, 6.45) is 0.263. The highest BCUT2D eigenvalue weighted by atomic mass is 16.3. The SMILES string of the molecule is CC(CC(C)(C)O)=C(C#N)C(N)=O. The number of primary amides is 1. The van der Waals surface area contributed by atoms with Crippen molar-refractivity contribution < 1.29 is 9.90 Å². The van der Waals surface area contributed by atoms with Crippen molar-refractivity contribution in [3.63, 3.8) is 0 Å². The Bertz CT molecular complexity index is 279. The second-order valence-corrected chi connectivity index (χ2v) is 3.62. The molecule has 0 bridgehead atoms. The molecule has 0 fully saturated rings. The molecule has 1 amide bonds. The standard InChI is InChI=1S/C9H14N2O2/c1-6(4-9(2,3)13)7(5-10)8(11)12/h13H,4H2,1-3H3,(H2,11,12). The summed E-state index contributed by atoms with van der Waals surface area (Å²) in [5.74, 6) is -0.746. The van der Waals surface area contributed by atoms with Crippen LogP contribution in [-0.4, -0.2) is 16.6 Å². The number of rotatable bonds is 3. The highest BCUT2D eigenvalue weighted by molar-refractivity contribution is 5.96. The second kappa shape index (κ2) is 4.06. The molecule has 0 aliphatic carbocycles. The van der Waals surface area contributed by atoms with Gasteiger partial charge in [-0.1, -0.05) is 0 Å². The summed E-state index contributed by atoms with van der Waals surface area (Å²) in [5, 5.41) is 18.0. The highest BCUT2D eigenvalue weighted by Gasteiger charge is 2.17. The molecular weight excluding hydrogens is 168 g/mol. The predicted octanol–water partition coefficient (Wildman–Crippen LogP) is 0.473. The molecule has 0 aliphatic heterocycles. The smallest absolute Gasteiger partial charge is 0.259 e. The van der Waals surface area contributed by atoms with Crippen molar-refractivity contribution in [1.29, 1.82) is 5.26 Å². The van der Waals surface area contributed by atoms with Gasteiger partial charge in [0, 0.05) is 0 Å². The minimum absolute atomic E-state index is 0.0675. The molecule has 0 atom stereocenters. The molecule has 72 valence electrons. The van der Waals surface area contributed by atoms with Crippen molar-refractivity contribution in [2.24, 2.45) is 5.73 Å². The first-order chi connectivity index (χ1) is 5.78. The van der Waals surface area contributed by atoms with Crippen LogP contribution in [0.3, 0.4) is 0 Å². The first-order valence-corrected chi connectivity index (χ1v) is 3.90. The van der Waals surface area contributed by atoms with Crippen molar-refractivity contribution in [2.45, 2.75) is 32.8 Å². The zero-order valence-corrected chi connectivity index (χ0v) is 8.09. The molecule has 4 nitrogen and oxygen atoms in total. The number of hydrogen-bond acceptors (Lipinski definition) is 3. The van der Waals surface area contributed by atoms with Gasteiger partial charge in [-0.15, -0.1) is 0 Å². The molecular formula is C9H14N2O2. The van der Waals surface area contributed by atoms with Crippen LogP contribution in [0.1, 0.15) is 27.2 Å². The summed E-state index contributed by atoms with van der Waals surface area (Å²) in [4.78, 5) is 10.7. The van der Waals surface area contributed by atoms with E-state index in [1.165, 1.54) is 0 Å². The van der Waals surface area contributed by atoms with Crippen molar-refractivity contribution >= 4 is 5.91 Å². The topological polar surface area (TPSA) is 87.1 Å². The first kappa shape index (κ1) is 11.7. The molecule has 3 N–H and O–H groups in total. The fraction of sp³-hybridized carbons (Fsp3) is 0.556. The number of nitriles is 1. The lowest BCUT2D eigenvalue weighted by molar-refractivity contribution is -0.114. The largest absolute Gasteiger partial charge is 0.390 e. The molecule has 0 aliphatic rings. The van der Waals surface area contributed by atoms with Crippen molar-refractivity contribution in [1.82, 2.24) is 0 Å². The Morgan fingerprint density at radius 2 is 2.08 bits per heavy atom. The Kier molecular flexibility index (Phi) is 3.64. The summed E-state index contributed by atoms with van der Waals surface area (Å²) < 4.78 is 0. The van der Waals surface area contributed by atoms with Crippen LogP contribution in [0.25, 0.3) is 0 Å². The average Bonchev–Trinajstić information content (AvgIpc) is 1.82. The monoisotopic (exact) mass is 182 g/mol. The van der Waals surface area contributed by atoms with Crippen molar-refractivity contribution in [3.05, 3.63) is 11.1 Å².